The summed E-state index contributed by atoms with van der Waals surface area (Å²) in [5.41, 5.74) is 4.94. The molecule has 0 spiro atoms. The van der Waals surface area contributed by atoms with Crippen molar-refractivity contribution in [1.82, 2.24) is 10.2 Å². The SMILES string of the molecule is Cc1cc(C2C3CC4CC(C3)CC2C4)nnc1NN. The highest BCUT2D eigenvalue weighted by Crippen LogP contribution is 2.59. The van der Waals surface area contributed by atoms with E-state index in [0.717, 1.165) is 29.2 Å². The molecule has 0 unspecified atom stereocenters. The van der Waals surface area contributed by atoms with Gasteiger partial charge in [-0.1, -0.05) is 0 Å². The van der Waals surface area contributed by atoms with Gasteiger partial charge in [-0.2, -0.15) is 5.10 Å². The second-order valence-corrected chi connectivity index (χ2v) is 6.90. The Bertz CT molecular complexity index is 471. The standard InChI is InChI=1S/C15H22N4/c1-8-2-13(18-19-15(8)17-16)14-11-4-9-3-10(6-11)7-12(14)5-9/h2,9-12,14H,3-7,16H2,1H3,(H,17,19). The van der Waals surface area contributed by atoms with Crippen LogP contribution < -0.4 is 11.3 Å². The molecule has 0 amide bonds. The number of anilines is 1. The fraction of sp³-hybridized carbons (Fsp3) is 0.733. The molecule has 0 saturated heterocycles. The smallest absolute Gasteiger partial charge is 0.165 e. The number of nitrogens with zero attached hydrogens (tertiary/aromatic N) is 2. The Morgan fingerprint density at radius 2 is 1.68 bits per heavy atom. The molecule has 4 fully saturated rings. The lowest BCUT2D eigenvalue weighted by Gasteiger charge is -2.54. The van der Waals surface area contributed by atoms with Crippen LogP contribution in [0.25, 0.3) is 0 Å². The summed E-state index contributed by atoms with van der Waals surface area (Å²) in [7, 11) is 0. The maximum Gasteiger partial charge on any atom is 0.165 e. The highest BCUT2D eigenvalue weighted by molar-refractivity contribution is 5.41. The lowest BCUT2D eigenvalue weighted by atomic mass is 9.51. The van der Waals surface area contributed by atoms with Crippen molar-refractivity contribution >= 4 is 5.82 Å². The molecule has 4 saturated carbocycles. The number of rotatable bonds is 2. The number of aromatic nitrogens is 2. The van der Waals surface area contributed by atoms with Crippen molar-refractivity contribution in [2.24, 2.45) is 29.5 Å². The Balaban J connectivity index is 1.67. The highest BCUT2D eigenvalue weighted by Gasteiger charge is 2.49. The predicted octanol–water partition coefficient (Wildman–Crippen LogP) is 2.61. The molecule has 1 heterocycles. The summed E-state index contributed by atoms with van der Waals surface area (Å²) in [5.74, 6) is 10.6. The van der Waals surface area contributed by atoms with Crippen LogP contribution in [0.3, 0.4) is 0 Å². The summed E-state index contributed by atoms with van der Waals surface area (Å²) < 4.78 is 0. The fourth-order valence-corrected chi connectivity index (χ4v) is 5.22. The van der Waals surface area contributed by atoms with Gasteiger partial charge in [0, 0.05) is 5.92 Å². The summed E-state index contributed by atoms with van der Waals surface area (Å²) in [4.78, 5) is 0. The molecule has 1 aromatic rings. The average Bonchev–Trinajstić information content (AvgIpc) is 2.37. The minimum absolute atomic E-state index is 0.658. The van der Waals surface area contributed by atoms with Crippen molar-refractivity contribution in [2.75, 3.05) is 5.43 Å². The first-order chi connectivity index (χ1) is 9.24. The van der Waals surface area contributed by atoms with Crippen LogP contribution in [0.5, 0.6) is 0 Å². The van der Waals surface area contributed by atoms with Crippen molar-refractivity contribution in [2.45, 2.75) is 44.9 Å². The average molecular weight is 258 g/mol. The second kappa shape index (κ2) is 4.17. The van der Waals surface area contributed by atoms with Crippen molar-refractivity contribution in [3.05, 3.63) is 17.3 Å². The van der Waals surface area contributed by atoms with Gasteiger partial charge in [-0.3, -0.25) is 0 Å². The van der Waals surface area contributed by atoms with E-state index >= 15 is 0 Å². The molecule has 1 aromatic heterocycles. The van der Waals surface area contributed by atoms with Crippen molar-refractivity contribution in [3.63, 3.8) is 0 Å². The van der Waals surface area contributed by atoms with Crippen LogP contribution in [0, 0.1) is 30.6 Å². The summed E-state index contributed by atoms with van der Waals surface area (Å²) in [6, 6.07) is 2.20. The van der Waals surface area contributed by atoms with Gasteiger partial charge >= 0.3 is 0 Å². The molecule has 5 rings (SSSR count). The summed E-state index contributed by atoms with van der Waals surface area (Å²) >= 11 is 0. The first kappa shape index (κ1) is 11.6. The summed E-state index contributed by atoms with van der Waals surface area (Å²) in [6.45, 7) is 2.06. The molecule has 3 N–H and O–H groups in total. The largest absolute Gasteiger partial charge is 0.307 e. The molecule has 4 heteroatoms. The van der Waals surface area contributed by atoms with Gasteiger partial charge in [0.15, 0.2) is 5.82 Å². The number of nitrogen functional groups attached to an aromatic ring is 1. The molecule has 4 aliphatic rings. The van der Waals surface area contributed by atoms with Crippen LogP contribution in [0.1, 0.15) is 49.3 Å². The molecule has 4 nitrogen and oxygen atoms in total. The van der Waals surface area contributed by atoms with E-state index in [2.05, 4.69) is 28.6 Å². The topological polar surface area (TPSA) is 63.8 Å². The molecule has 102 valence electrons. The number of nitrogens with two attached hydrogens (primary N) is 1. The van der Waals surface area contributed by atoms with Crippen LogP contribution in [0.15, 0.2) is 6.07 Å². The summed E-state index contributed by atoms with van der Waals surface area (Å²) in [6.07, 6.45) is 7.20. The zero-order valence-corrected chi connectivity index (χ0v) is 11.5. The van der Waals surface area contributed by atoms with Crippen LogP contribution in [0.2, 0.25) is 0 Å². The van der Waals surface area contributed by atoms with Crippen molar-refractivity contribution in [3.8, 4) is 0 Å². The van der Waals surface area contributed by atoms with Gasteiger partial charge in [-0.25, -0.2) is 5.84 Å². The number of nitrogens with one attached hydrogen (secondary N) is 1. The van der Waals surface area contributed by atoms with Gasteiger partial charge in [0.25, 0.3) is 0 Å². The zero-order valence-electron chi connectivity index (χ0n) is 11.5. The molecule has 19 heavy (non-hydrogen) atoms. The lowest BCUT2D eigenvalue weighted by Crippen LogP contribution is -2.44. The van der Waals surface area contributed by atoms with Crippen molar-refractivity contribution < 1.29 is 0 Å². The Morgan fingerprint density at radius 1 is 1.05 bits per heavy atom. The number of aryl methyl sites for hydroxylation is 1. The lowest BCUT2D eigenvalue weighted by molar-refractivity contribution is -0.00443. The molecular weight excluding hydrogens is 236 g/mol. The molecule has 4 bridgehead atoms. The van der Waals surface area contributed by atoms with E-state index in [1.807, 2.05) is 0 Å². The van der Waals surface area contributed by atoms with Crippen LogP contribution in [-0.2, 0) is 0 Å². The van der Waals surface area contributed by atoms with Crippen LogP contribution in [0.4, 0.5) is 5.82 Å². The number of hydrazine groups is 1. The van der Waals surface area contributed by atoms with E-state index in [4.69, 9.17) is 5.84 Å². The minimum Gasteiger partial charge on any atom is -0.307 e. The third-order valence-electron chi connectivity index (χ3n) is 5.71. The third kappa shape index (κ3) is 1.76. The zero-order chi connectivity index (χ0) is 13.0. The van der Waals surface area contributed by atoms with Gasteiger partial charge in [-0.05, 0) is 74.3 Å². The molecule has 0 atom stereocenters. The first-order valence-electron chi connectivity index (χ1n) is 7.55. The van der Waals surface area contributed by atoms with Gasteiger partial charge in [-0.15, -0.1) is 5.10 Å². The molecule has 0 radical (unpaired) electrons. The minimum atomic E-state index is 0.658. The Hall–Kier alpha value is -1.16. The fourth-order valence-electron chi connectivity index (χ4n) is 5.22. The molecule has 4 aliphatic carbocycles. The maximum absolute atomic E-state index is 5.44. The second-order valence-electron chi connectivity index (χ2n) is 6.90. The van der Waals surface area contributed by atoms with E-state index in [9.17, 15) is 0 Å². The Labute approximate surface area is 114 Å². The molecule has 0 aliphatic heterocycles. The highest BCUT2D eigenvalue weighted by atomic mass is 15.3. The first-order valence-corrected chi connectivity index (χ1v) is 7.55. The monoisotopic (exact) mass is 258 g/mol. The number of hydrogen-bond donors (Lipinski definition) is 2. The van der Waals surface area contributed by atoms with Crippen LogP contribution >= 0.6 is 0 Å². The Morgan fingerprint density at radius 3 is 2.21 bits per heavy atom. The predicted molar refractivity (Wildman–Crippen MR) is 74.4 cm³/mol. The van der Waals surface area contributed by atoms with Gasteiger partial charge in [0.1, 0.15) is 0 Å². The quantitative estimate of drug-likeness (QED) is 0.632. The van der Waals surface area contributed by atoms with E-state index < -0.39 is 0 Å². The van der Waals surface area contributed by atoms with E-state index in [1.165, 1.54) is 37.8 Å². The molecule has 0 aromatic carbocycles. The third-order valence-corrected chi connectivity index (χ3v) is 5.71. The maximum atomic E-state index is 5.44. The van der Waals surface area contributed by atoms with E-state index in [0.29, 0.717) is 11.7 Å². The summed E-state index contributed by atoms with van der Waals surface area (Å²) in [5, 5.41) is 8.71. The van der Waals surface area contributed by atoms with Gasteiger partial charge in [0.05, 0.1) is 5.69 Å². The Kier molecular flexibility index (Phi) is 2.56. The van der Waals surface area contributed by atoms with Gasteiger partial charge < -0.3 is 5.43 Å². The van der Waals surface area contributed by atoms with Crippen molar-refractivity contribution in [1.29, 1.82) is 0 Å². The van der Waals surface area contributed by atoms with E-state index in [1.54, 1.807) is 0 Å². The van der Waals surface area contributed by atoms with Gasteiger partial charge in [0.2, 0.25) is 0 Å². The number of hydrogen-bond acceptors (Lipinski definition) is 4. The van der Waals surface area contributed by atoms with Crippen LogP contribution in [-0.4, -0.2) is 10.2 Å². The normalized spacial score (nSPS) is 39.6. The molecular formula is C15H22N4. The van der Waals surface area contributed by atoms with E-state index in [-0.39, 0.29) is 0 Å².